The van der Waals surface area contributed by atoms with Crippen molar-refractivity contribution in [3.63, 3.8) is 0 Å². The maximum atomic E-state index is 13.3. The molecule has 1 heterocycles. The molecule has 2 aromatic carbocycles. The molecule has 0 saturated heterocycles. The van der Waals surface area contributed by atoms with E-state index in [1.165, 1.54) is 11.1 Å². The summed E-state index contributed by atoms with van der Waals surface area (Å²) >= 11 is 0. The van der Waals surface area contributed by atoms with Gasteiger partial charge in [-0.25, -0.2) is 0 Å². The maximum Gasteiger partial charge on any atom is 0.251 e. The minimum atomic E-state index is -0.399. The number of anilines is 1. The zero-order chi connectivity index (χ0) is 21.0. The highest BCUT2D eigenvalue weighted by molar-refractivity contribution is 5.99. The van der Waals surface area contributed by atoms with E-state index in [-0.39, 0.29) is 11.4 Å². The number of carbonyl (C=O) groups is 1. The van der Waals surface area contributed by atoms with Crippen LogP contribution in [0.15, 0.2) is 59.6 Å². The summed E-state index contributed by atoms with van der Waals surface area (Å²) in [6, 6.07) is 15.9. The Morgan fingerprint density at radius 1 is 1.07 bits per heavy atom. The van der Waals surface area contributed by atoms with Gasteiger partial charge >= 0.3 is 0 Å². The molecule has 1 atom stereocenters. The van der Waals surface area contributed by atoms with E-state index in [2.05, 4.69) is 49.3 Å². The number of rotatable bonds is 4. The molecule has 0 bridgehead atoms. The minimum Gasteiger partial charge on any atom is -0.347 e. The molecule has 0 aromatic heterocycles. The summed E-state index contributed by atoms with van der Waals surface area (Å²) in [5, 5.41) is 3.16. The molecule has 0 radical (unpaired) electrons. The van der Waals surface area contributed by atoms with Crippen molar-refractivity contribution in [2.75, 3.05) is 11.9 Å². The van der Waals surface area contributed by atoms with Crippen molar-refractivity contribution >= 4 is 23.5 Å². The van der Waals surface area contributed by atoms with E-state index in [0.717, 1.165) is 29.8 Å². The fourth-order valence-electron chi connectivity index (χ4n) is 3.46. The predicted molar refractivity (Wildman–Crippen MR) is 122 cm³/mol. The third-order valence-corrected chi connectivity index (χ3v) is 5.09. The predicted octanol–water partition coefficient (Wildman–Crippen LogP) is 5.23. The number of aryl methyl sites for hydroxylation is 2. The average Bonchev–Trinajstić information content (AvgIpc) is 2.69. The van der Waals surface area contributed by atoms with Crippen molar-refractivity contribution in [3.05, 3.63) is 71.3 Å². The van der Waals surface area contributed by atoms with Crippen LogP contribution < -0.4 is 5.32 Å². The van der Waals surface area contributed by atoms with Crippen molar-refractivity contribution in [3.8, 4) is 0 Å². The van der Waals surface area contributed by atoms with Crippen LogP contribution in [0.3, 0.4) is 0 Å². The van der Waals surface area contributed by atoms with Gasteiger partial charge in [-0.1, -0.05) is 48.5 Å². The lowest BCUT2D eigenvalue weighted by atomic mass is 9.95. The van der Waals surface area contributed by atoms with Crippen LogP contribution in [-0.4, -0.2) is 35.3 Å². The van der Waals surface area contributed by atoms with Gasteiger partial charge in [0, 0.05) is 12.2 Å². The van der Waals surface area contributed by atoms with Crippen LogP contribution in [0.25, 0.3) is 5.57 Å². The molecule has 152 valence electrons. The summed E-state index contributed by atoms with van der Waals surface area (Å²) in [4.78, 5) is 20.0. The summed E-state index contributed by atoms with van der Waals surface area (Å²) in [7, 11) is 0. The van der Waals surface area contributed by atoms with Gasteiger partial charge in [-0.3, -0.25) is 9.79 Å². The topological polar surface area (TPSA) is 44.7 Å². The Kier molecular flexibility index (Phi) is 6.21. The molecule has 3 rings (SSSR count). The van der Waals surface area contributed by atoms with E-state index in [0.29, 0.717) is 0 Å². The Morgan fingerprint density at radius 2 is 1.72 bits per heavy atom. The number of benzene rings is 2. The summed E-state index contributed by atoms with van der Waals surface area (Å²) in [5.41, 5.74) is 5.22. The zero-order valence-electron chi connectivity index (χ0n) is 18.1. The molecule has 1 amide bonds. The number of para-hydroxylation sites is 1. The van der Waals surface area contributed by atoms with Gasteiger partial charge < -0.3 is 10.2 Å². The molecule has 0 aliphatic carbocycles. The first-order valence-corrected chi connectivity index (χ1v) is 10.2. The van der Waals surface area contributed by atoms with Crippen molar-refractivity contribution in [2.45, 2.75) is 52.6 Å². The summed E-state index contributed by atoms with van der Waals surface area (Å²) in [6.45, 7) is 11.0. The van der Waals surface area contributed by atoms with Gasteiger partial charge in [-0.05, 0) is 69.4 Å². The molecule has 29 heavy (non-hydrogen) atoms. The fraction of sp³-hybridized carbons (Fsp3) is 0.360. The molecule has 4 heteroatoms. The zero-order valence-corrected chi connectivity index (χ0v) is 18.1. The Labute approximate surface area is 174 Å². The highest BCUT2D eigenvalue weighted by Crippen LogP contribution is 2.27. The van der Waals surface area contributed by atoms with Gasteiger partial charge in [0.2, 0.25) is 0 Å². The maximum absolute atomic E-state index is 13.3. The third-order valence-electron chi connectivity index (χ3n) is 5.09. The Bertz CT molecular complexity index is 903. The van der Waals surface area contributed by atoms with Gasteiger partial charge in [0.1, 0.15) is 6.04 Å². The number of nitrogens with one attached hydrogen (secondary N) is 1. The fourth-order valence-corrected chi connectivity index (χ4v) is 3.46. The first kappa shape index (κ1) is 20.8. The van der Waals surface area contributed by atoms with Crippen molar-refractivity contribution in [1.82, 2.24) is 4.90 Å². The SMILES string of the molecule is Cc1cccc(C)c1NC(=O)C1C=C(c2ccccc2)CCN1C=NC(C)(C)C. The van der Waals surface area contributed by atoms with Gasteiger partial charge in [0.05, 0.1) is 11.9 Å². The van der Waals surface area contributed by atoms with Gasteiger partial charge in [-0.2, -0.15) is 0 Å². The van der Waals surface area contributed by atoms with Crippen molar-refractivity contribution in [1.29, 1.82) is 0 Å². The van der Waals surface area contributed by atoms with Crippen molar-refractivity contribution in [2.24, 2.45) is 4.99 Å². The van der Waals surface area contributed by atoms with E-state index >= 15 is 0 Å². The van der Waals surface area contributed by atoms with Crippen LogP contribution in [-0.2, 0) is 4.79 Å². The molecule has 0 saturated carbocycles. The van der Waals surface area contributed by atoms with Crippen LogP contribution in [0.4, 0.5) is 5.69 Å². The second-order valence-electron chi connectivity index (χ2n) is 8.66. The lowest BCUT2D eigenvalue weighted by Crippen LogP contribution is -2.45. The molecule has 4 nitrogen and oxygen atoms in total. The van der Waals surface area contributed by atoms with E-state index in [1.54, 1.807) is 0 Å². The second kappa shape index (κ2) is 8.64. The highest BCUT2D eigenvalue weighted by atomic mass is 16.2. The minimum absolute atomic E-state index is 0.0316. The van der Waals surface area contributed by atoms with Crippen LogP contribution in [0, 0.1) is 13.8 Å². The summed E-state index contributed by atoms with van der Waals surface area (Å²) < 4.78 is 0. The number of nitrogens with zero attached hydrogens (tertiary/aromatic N) is 2. The Balaban J connectivity index is 1.93. The number of carbonyl (C=O) groups excluding carboxylic acids is 1. The molecular formula is C25H31N3O. The van der Waals surface area contributed by atoms with E-state index in [9.17, 15) is 4.79 Å². The number of hydrogen-bond donors (Lipinski definition) is 1. The van der Waals surface area contributed by atoms with E-state index in [1.807, 2.05) is 61.5 Å². The summed E-state index contributed by atoms with van der Waals surface area (Å²) in [5.74, 6) is -0.0316. The smallest absolute Gasteiger partial charge is 0.251 e. The molecule has 2 aromatic rings. The van der Waals surface area contributed by atoms with Gasteiger partial charge in [0.25, 0.3) is 5.91 Å². The van der Waals surface area contributed by atoms with Crippen LogP contribution in [0.1, 0.15) is 43.9 Å². The first-order chi connectivity index (χ1) is 13.7. The molecular weight excluding hydrogens is 358 g/mol. The van der Waals surface area contributed by atoms with Gasteiger partial charge in [0.15, 0.2) is 0 Å². The molecule has 1 aliphatic rings. The van der Waals surface area contributed by atoms with Gasteiger partial charge in [-0.15, -0.1) is 0 Å². The molecule has 1 unspecified atom stereocenters. The Hall–Kier alpha value is -2.88. The normalized spacial score (nSPS) is 17.3. The second-order valence-corrected chi connectivity index (χ2v) is 8.66. The lowest BCUT2D eigenvalue weighted by molar-refractivity contribution is -0.118. The number of amides is 1. The van der Waals surface area contributed by atoms with E-state index in [4.69, 9.17) is 0 Å². The van der Waals surface area contributed by atoms with Crippen LogP contribution >= 0.6 is 0 Å². The summed E-state index contributed by atoms with van der Waals surface area (Å²) in [6.07, 6.45) is 4.80. The largest absolute Gasteiger partial charge is 0.347 e. The highest BCUT2D eigenvalue weighted by Gasteiger charge is 2.28. The number of hydrogen-bond acceptors (Lipinski definition) is 2. The molecule has 1 N–H and O–H groups in total. The molecule has 1 aliphatic heterocycles. The average molecular weight is 390 g/mol. The molecule has 0 fully saturated rings. The Morgan fingerprint density at radius 3 is 2.34 bits per heavy atom. The number of aliphatic imine (C=N–C) groups is 1. The van der Waals surface area contributed by atoms with Crippen LogP contribution in [0.2, 0.25) is 0 Å². The first-order valence-electron chi connectivity index (χ1n) is 10.2. The van der Waals surface area contributed by atoms with Crippen molar-refractivity contribution < 1.29 is 4.79 Å². The molecule has 0 spiro atoms. The van der Waals surface area contributed by atoms with Crippen LogP contribution in [0.5, 0.6) is 0 Å². The quantitative estimate of drug-likeness (QED) is 0.575. The standard InChI is InChI=1S/C25H31N3O/c1-18-10-9-11-19(2)23(18)27-24(29)22-16-21(20-12-7-6-8-13-20)14-15-28(22)17-26-25(3,4)5/h6-13,16-17,22H,14-15H2,1-5H3,(H,27,29). The van der Waals surface area contributed by atoms with E-state index < -0.39 is 6.04 Å². The third kappa shape index (κ3) is 5.35. The lowest BCUT2D eigenvalue weighted by Gasteiger charge is -2.33. The monoisotopic (exact) mass is 389 g/mol.